The summed E-state index contributed by atoms with van der Waals surface area (Å²) in [5, 5.41) is 10.2. The standard InChI is InChI=1S/C37H61O9P/c1-3-5-7-9-11-13-14-15-16-17-18-19-21-22-24-26-28-34(38)30-31-37(40)46-35(33-45-47(41,42)43)32-44-36(39)29-27-25-23-20-12-10-8-6-4-2/h5,7,11,13,15-16,18-19,22,24,26,28,34-35,38H,3-4,6,8-10,12,14,17,20-21,23,25,27,29-33H2,1-2H3,(H2,41,42,43)/b7-5-,13-11-,16-15-,19-18-,24-22-,28-26-/t34?,35-/m1/s1. The number of unbranched alkanes of at least 4 members (excludes halogenated alkanes) is 8. The summed E-state index contributed by atoms with van der Waals surface area (Å²) < 4.78 is 26.0. The summed E-state index contributed by atoms with van der Waals surface area (Å²) in [5.41, 5.74) is 0. The molecule has 0 saturated carbocycles. The van der Waals surface area contributed by atoms with Crippen LogP contribution in [0.25, 0.3) is 0 Å². The second-order valence-electron chi connectivity index (χ2n) is 11.3. The molecule has 47 heavy (non-hydrogen) atoms. The van der Waals surface area contributed by atoms with Crippen molar-refractivity contribution in [2.24, 2.45) is 0 Å². The molecule has 0 heterocycles. The molecule has 0 radical (unpaired) electrons. The van der Waals surface area contributed by atoms with Gasteiger partial charge in [-0.3, -0.25) is 14.1 Å². The third-order valence-electron chi connectivity index (χ3n) is 6.86. The third kappa shape index (κ3) is 34.6. The zero-order chi connectivity index (χ0) is 34.9. The van der Waals surface area contributed by atoms with Gasteiger partial charge >= 0.3 is 19.8 Å². The Labute approximate surface area is 283 Å². The fraction of sp³-hybridized carbons (Fsp3) is 0.622. The van der Waals surface area contributed by atoms with Crippen LogP contribution in [0.1, 0.15) is 123 Å². The van der Waals surface area contributed by atoms with Gasteiger partial charge in [0.1, 0.15) is 6.61 Å². The van der Waals surface area contributed by atoms with E-state index in [0.717, 1.165) is 51.4 Å². The lowest BCUT2D eigenvalue weighted by molar-refractivity contribution is -0.161. The number of hydrogen-bond acceptors (Lipinski definition) is 7. The number of aliphatic hydroxyl groups is 1. The Morgan fingerprint density at radius 1 is 0.660 bits per heavy atom. The van der Waals surface area contributed by atoms with Crippen LogP contribution in [-0.2, 0) is 28.2 Å². The monoisotopic (exact) mass is 680 g/mol. The topological polar surface area (TPSA) is 140 Å². The molecule has 0 aliphatic heterocycles. The maximum absolute atomic E-state index is 12.3. The predicted molar refractivity (Wildman–Crippen MR) is 190 cm³/mol. The van der Waals surface area contributed by atoms with Crippen molar-refractivity contribution in [3.05, 3.63) is 72.9 Å². The van der Waals surface area contributed by atoms with E-state index in [2.05, 4.69) is 67.0 Å². The Bertz CT molecular complexity index is 1010. The van der Waals surface area contributed by atoms with E-state index in [1.807, 2.05) is 12.2 Å². The molecule has 0 aromatic carbocycles. The highest BCUT2D eigenvalue weighted by Gasteiger charge is 2.23. The second kappa shape index (κ2) is 32.0. The van der Waals surface area contributed by atoms with Gasteiger partial charge in [-0.05, 0) is 44.9 Å². The molecule has 2 atom stereocenters. The minimum Gasteiger partial charge on any atom is -0.462 e. The summed E-state index contributed by atoms with van der Waals surface area (Å²) in [6.07, 6.45) is 36.8. The first-order valence-corrected chi connectivity index (χ1v) is 18.9. The maximum Gasteiger partial charge on any atom is 0.469 e. The lowest BCUT2D eigenvalue weighted by Gasteiger charge is -2.18. The van der Waals surface area contributed by atoms with Crippen LogP contribution in [0, 0.1) is 0 Å². The Balaban J connectivity index is 4.30. The average Bonchev–Trinajstić information content (AvgIpc) is 3.03. The molecule has 10 heteroatoms. The van der Waals surface area contributed by atoms with Crippen molar-refractivity contribution < 1.29 is 43.0 Å². The molecule has 1 unspecified atom stereocenters. The minimum absolute atomic E-state index is 0.0878. The number of allylic oxidation sites excluding steroid dienone is 11. The van der Waals surface area contributed by atoms with Crippen LogP contribution in [0.3, 0.4) is 0 Å². The van der Waals surface area contributed by atoms with Gasteiger partial charge in [0.15, 0.2) is 6.10 Å². The number of rotatable bonds is 30. The predicted octanol–water partition coefficient (Wildman–Crippen LogP) is 8.92. The zero-order valence-electron chi connectivity index (χ0n) is 28.8. The van der Waals surface area contributed by atoms with E-state index in [1.54, 1.807) is 12.2 Å². The Morgan fingerprint density at radius 2 is 1.19 bits per heavy atom. The van der Waals surface area contributed by atoms with Crippen LogP contribution in [0.5, 0.6) is 0 Å². The summed E-state index contributed by atoms with van der Waals surface area (Å²) in [6.45, 7) is 3.30. The number of carbonyl (C=O) groups excluding carboxylic acids is 2. The quantitative estimate of drug-likeness (QED) is 0.0223. The van der Waals surface area contributed by atoms with Crippen LogP contribution in [0.2, 0.25) is 0 Å². The van der Waals surface area contributed by atoms with Gasteiger partial charge in [-0.2, -0.15) is 0 Å². The lowest BCUT2D eigenvalue weighted by atomic mass is 10.1. The van der Waals surface area contributed by atoms with Crippen molar-refractivity contribution in [3.63, 3.8) is 0 Å². The number of esters is 2. The fourth-order valence-corrected chi connectivity index (χ4v) is 4.61. The van der Waals surface area contributed by atoms with Crippen molar-refractivity contribution in [1.29, 1.82) is 0 Å². The van der Waals surface area contributed by atoms with Gasteiger partial charge in [-0.1, -0.05) is 138 Å². The van der Waals surface area contributed by atoms with Crippen LogP contribution in [0.15, 0.2) is 72.9 Å². The number of hydrogen-bond donors (Lipinski definition) is 3. The molecule has 0 saturated heterocycles. The second-order valence-corrected chi connectivity index (χ2v) is 12.6. The highest BCUT2D eigenvalue weighted by atomic mass is 31.2. The van der Waals surface area contributed by atoms with E-state index >= 15 is 0 Å². The summed E-state index contributed by atoms with van der Waals surface area (Å²) in [7, 11) is -4.81. The number of ether oxygens (including phenoxy) is 2. The number of aliphatic hydroxyl groups excluding tert-OH is 1. The SMILES string of the molecule is CC/C=C\C/C=C\C/C=C\C/C=C\C/C=C\C=C/C(O)CCC(=O)O[C@H](COC(=O)CCCCCCCCCCC)COP(=O)(O)O. The van der Waals surface area contributed by atoms with Crippen LogP contribution >= 0.6 is 7.82 Å². The molecule has 0 spiro atoms. The summed E-state index contributed by atoms with van der Waals surface area (Å²) in [6, 6.07) is 0. The van der Waals surface area contributed by atoms with E-state index in [4.69, 9.17) is 19.3 Å². The molecule has 9 nitrogen and oxygen atoms in total. The minimum atomic E-state index is -4.81. The van der Waals surface area contributed by atoms with Gasteiger partial charge in [-0.15, -0.1) is 0 Å². The van der Waals surface area contributed by atoms with Crippen molar-refractivity contribution >= 4 is 19.8 Å². The van der Waals surface area contributed by atoms with Crippen LogP contribution < -0.4 is 0 Å². The fourth-order valence-electron chi connectivity index (χ4n) is 4.25. The van der Waals surface area contributed by atoms with Gasteiger partial charge < -0.3 is 24.4 Å². The Hall–Kier alpha value is -2.55. The lowest BCUT2D eigenvalue weighted by Crippen LogP contribution is -2.29. The average molecular weight is 681 g/mol. The molecule has 3 N–H and O–H groups in total. The highest BCUT2D eigenvalue weighted by Crippen LogP contribution is 2.35. The van der Waals surface area contributed by atoms with Crippen molar-refractivity contribution in [1.82, 2.24) is 0 Å². The van der Waals surface area contributed by atoms with Gasteiger partial charge in [-0.25, -0.2) is 4.57 Å². The third-order valence-corrected chi connectivity index (χ3v) is 7.34. The van der Waals surface area contributed by atoms with Gasteiger partial charge in [0.05, 0.1) is 12.7 Å². The first-order valence-electron chi connectivity index (χ1n) is 17.3. The summed E-state index contributed by atoms with van der Waals surface area (Å²) in [5.74, 6) is -1.18. The summed E-state index contributed by atoms with van der Waals surface area (Å²) >= 11 is 0. The molecular weight excluding hydrogens is 619 g/mol. The van der Waals surface area contributed by atoms with Gasteiger partial charge in [0.2, 0.25) is 0 Å². The van der Waals surface area contributed by atoms with Crippen molar-refractivity contribution in [2.45, 2.75) is 135 Å². The molecule has 268 valence electrons. The largest absolute Gasteiger partial charge is 0.469 e. The van der Waals surface area contributed by atoms with Gasteiger partial charge in [0, 0.05) is 12.8 Å². The van der Waals surface area contributed by atoms with E-state index in [-0.39, 0.29) is 25.9 Å². The zero-order valence-corrected chi connectivity index (χ0v) is 29.7. The van der Waals surface area contributed by atoms with E-state index < -0.39 is 38.6 Å². The van der Waals surface area contributed by atoms with Crippen molar-refractivity contribution in [3.8, 4) is 0 Å². The highest BCUT2D eigenvalue weighted by molar-refractivity contribution is 7.46. The number of phosphoric ester groups is 1. The summed E-state index contributed by atoms with van der Waals surface area (Å²) in [4.78, 5) is 42.5. The molecule has 0 aromatic heterocycles. The molecule has 0 rings (SSSR count). The molecule has 0 aliphatic rings. The number of carbonyl (C=O) groups is 2. The molecule has 0 aliphatic carbocycles. The number of phosphoric acid groups is 1. The maximum atomic E-state index is 12.3. The molecule has 0 aromatic rings. The van der Waals surface area contributed by atoms with Crippen molar-refractivity contribution in [2.75, 3.05) is 13.2 Å². The van der Waals surface area contributed by atoms with Gasteiger partial charge in [0.25, 0.3) is 0 Å². The normalized spacial score (nSPS) is 14.1. The smallest absolute Gasteiger partial charge is 0.462 e. The molecule has 0 fully saturated rings. The van der Waals surface area contributed by atoms with Crippen LogP contribution in [0.4, 0.5) is 0 Å². The van der Waals surface area contributed by atoms with E-state index in [1.165, 1.54) is 32.1 Å². The molecule has 0 bridgehead atoms. The Morgan fingerprint density at radius 3 is 1.74 bits per heavy atom. The first kappa shape index (κ1) is 44.5. The first-order chi connectivity index (χ1) is 22.7. The van der Waals surface area contributed by atoms with E-state index in [0.29, 0.717) is 6.42 Å². The Kier molecular flexibility index (Phi) is 30.3. The molecular formula is C37H61O9P. The molecule has 0 amide bonds. The van der Waals surface area contributed by atoms with E-state index in [9.17, 15) is 19.3 Å². The van der Waals surface area contributed by atoms with Crippen LogP contribution in [-0.4, -0.2) is 52.3 Å².